The molecule has 2 aromatic rings. The average molecular weight is 421 g/mol. The number of ether oxygens (including phenoxy) is 2. The maximum atomic E-state index is 14.1. The van der Waals surface area contributed by atoms with E-state index in [0.29, 0.717) is 40.3 Å². The summed E-state index contributed by atoms with van der Waals surface area (Å²) in [4.78, 5) is 11.8. The van der Waals surface area contributed by atoms with Crippen LogP contribution in [-0.2, 0) is 17.8 Å². The SMILES string of the molecule is CCC(=O)Oc1cccc(C2CC2)c1COc1cc(F)c(CC)cc1Br. The molecule has 3 rings (SSSR count). The van der Waals surface area contributed by atoms with Crippen LogP contribution in [0, 0.1) is 5.82 Å². The first-order valence-corrected chi connectivity index (χ1v) is 9.75. The Morgan fingerprint density at radius 2 is 2.00 bits per heavy atom. The molecule has 138 valence electrons. The molecule has 1 aliphatic rings. The number of halogens is 2. The molecule has 0 atom stereocenters. The molecule has 0 spiro atoms. The minimum Gasteiger partial charge on any atom is -0.487 e. The Kier molecular flexibility index (Phi) is 5.97. The molecule has 1 saturated carbocycles. The number of hydrogen-bond acceptors (Lipinski definition) is 3. The minimum atomic E-state index is -0.279. The predicted molar refractivity (Wildman–Crippen MR) is 102 cm³/mol. The van der Waals surface area contributed by atoms with E-state index in [2.05, 4.69) is 22.0 Å². The summed E-state index contributed by atoms with van der Waals surface area (Å²) >= 11 is 3.45. The fraction of sp³-hybridized carbons (Fsp3) is 0.381. The highest BCUT2D eigenvalue weighted by Crippen LogP contribution is 2.44. The van der Waals surface area contributed by atoms with Gasteiger partial charge in [0.1, 0.15) is 23.9 Å². The quantitative estimate of drug-likeness (QED) is 0.411. The van der Waals surface area contributed by atoms with Crippen LogP contribution in [0.25, 0.3) is 0 Å². The fourth-order valence-electron chi connectivity index (χ4n) is 2.91. The molecule has 26 heavy (non-hydrogen) atoms. The Labute approximate surface area is 161 Å². The van der Waals surface area contributed by atoms with Crippen molar-refractivity contribution in [2.45, 2.75) is 52.1 Å². The third-order valence-corrected chi connectivity index (χ3v) is 5.17. The zero-order valence-electron chi connectivity index (χ0n) is 15.0. The number of carbonyl (C=O) groups is 1. The third kappa shape index (κ3) is 4.26. The topological polar surface area (TPSA) is 35.5 Å². The fourth-order valence-corrected chi connectivity index (χ4v) is 3.41. The van der Waals surface area contributed by atoms with Gasteiger partial charge in [-0.2, -0.15) is 0 Å². The van der Waals surface area contributed by atoms with E-state index in [1.165, 1.54) is 6.07 Å². The second-order valence-corrected chi connectivity index (χ2v) is 7.30. The summed E-state index contributed by atoms with van der Waals surface area (Å²) in [5.74, 6) is 0.898. The van der Waals surface area contributed by atoms with Gasteiger partial charge in [0.15, 0.2) is 0 Å². The van der Waals surface area contributed by atoms with E-state index in [0.717, 1.165) is 24.0 Å². The zero-order valence-corrected chi connectivity index (χ0v) is 16.6. The van der Waals surface area contributed by atoms with Gasteiger partial charge in [0.05, 0.1) is 4.47 Å². The molecule has 0 amide bonds. The molecule has 5 heteroatoms. The van der Waals surface area contributed by atoms with Gasteiger partial charge in [-0.05, 0) is 64.4 Å². The van der Waals surface area contributed by atoms with Gasteiger partial charge >= 0.3 is 5.97 Å². The van der Waals surface area contributed by atoms with Crippen molar-refractivity contribution in [3.63, 3.8) is 0 Å². The predicted octanol–water partition coefficient (Wildman–Crippen LogP) is 5.92. The summed E-state index contributed by atoms with van der Waals surface area (Å²) in [6.07, 6.45) is 3.18. The van der Waals surface area contributed by atoms with Gasteiger partial charge in [0.25, 0.3) is 0 Å². The smallest absolute Gasteiger partial charge is 0.310 e. The Balaban J connectivity index is 1.87. The Morgan fingerprint density at radius 3 is 2.65 bits per heavy atom. The van der Waals surface area contributed by atoms with Crippen molar-refractivity contribution >= 4 is 21.9 Å². The summed E-state index contributed by atoms with van der Waals surface area (Å²) in [6, 6.07) is 8.89. The first-order valence-electron chi connectivity index (χ1n) is 8.96. The lowest BCUT2D eigenvalue weighted by molar-refractivity contribution is -0.134. The molecule has 3 nitrogen and oxygen atoms in total. The molecule has 1 fully saturated rings. The average Bonchev–Trinajstić information content (AvgIpc) is 3.47. The molecule has 0 radical (unpaired) electrons. The summed E-state index contributed by atoms with van der Waals surface area (Å²) in [5.41, 5.74) is 2.65. The van der Waals surface area contributed by atoms with Crippen molar-refractivity contribution < 1.29 is 18.7 Å². The molecule has 2 aromatic carbocycles. The summed E-state index contributed by atoms with van der Waals surface area (Å²) in [7, 11) is 0. The number of hydrogen-bond donors (Lipinski definition) is 0. The van der Waals surface area contributed by atoms with E-state index in [-0.39, 0.29) is 18.4 Å². The van der Waals surface area contributed by atoms with Crippen molar-refractivity contribution in [2.75, 3.05) is 0 Å². The molecule has 0 aromatic heterocycles. The summed E-state index contributed by atoms with van der Waals surface area (Å²) in [6.45, 7) is 3.90. The second kappa shape index (κ2) is 8.21. The van der Waals surface area contributed by atoms with Gasteiger partial charge in [-0.1, -0.05) is 26.0 Å². The Bertz CT molecular complexity index is 815. The highest BCUT2D eigenvalue weighted by atomic mass is 79.9. The van der Waals surface area contributed by atoms with Crippen LogP contribution in [0.1, 0.15) is 55.7 Å². The van der Waals surface area contributed by atoms with Crippen LogP contribution in [0.5, 0.6) is 11.5 Å². The van der Waals surface area contributed by atoms with E-state index in [9.17, 15) is 9.18 Å². The second-order valence-electron chi connectivity index (χ2n) is 6.44. The van der Waals surface area contributed by atoms with Crippen molar-refractivity contribution in [3.05, 3.63) is 57.3 Å². The molecule has 0 unspecified atom stereocenters. The zero-order chi connectivity index (χ0) is 18.7. The lowest BCUT2D eigenvalue weighted by Gasteiger charge is -2.16. The van der Waals surface area contributed by atoms with Gasteiger partial charge < -0.3 is 9.47 Å². The highest BCUT2D eigenvalue weighted by Gasteiger charge is 2.28. The van der Waals surface area contributed by atoms with Crippen molar-refractivity contribution in [1.29, 1.82) is 0 Å². The largest absolute Gasteiger partial charge is 0.487 e. The molecule has 0 saturated heterocycles. The Hall–Kier alpha value is -1.88. The first kappa shape index (κ1) is 18.9. The highest BCUT2D eigenvalue weighted by molar-refractivity contribution is 9.10. The summed E-state index contributed by atoms with van der Waals surface area (Å²) in [5, 5.41) is 0. The lowest BCUT2D eigenvalue weighted by Crippen LogP contribution is -2.10. The van der Waals surface area contributed by atoms with Gasteiger partial charge in [0, 0.05) is 18.1 Å². The van der Waals surface area contributed by atoms with E-state index >= 15 is 0 Å². The number of aryl methyl sites for hydroxylation is 1. The molecular formula is C21H22BrFO3. The standard InChI is InChI=1S/C21H22BrFO3/c1-3-13-10-17(22)20(11-18(13)23)25-12-16-15(14-8-9-14)6-5-7-19(16)26-21(24)4-2/h5-7,10-11,14H,3-4,8-9,12H2,1-2H3. The Morgan fingerprint density at radius 1 is 1.23 bits per heavy atom. The number of esters is 1. The molecule has 0 bridgehead atoms. The number of rotatable bonds is 7. The van der Waals surface area contributed by atoms with Crippen molar-refractivity contribution in [3.8, 4) is 11.5 Å². The van der Waals surface area contributed by atoms with Crippen LogP contribution < -0.4 is 9.47 Å². The molecule has 1 aliphatic carbocycles. The van der Waals surface area contributed by atoms with Gasteiger partial charge in [-0.25, -0.2) is 4.39 Å². The van der Waals surface area contributed by atoms with Crippen molar-refractivity contribution in [2.24, 2.45) is 0 Å². The number of carbonyl (C=O) groups excluding carboxylic acids is 1. The lowest BCUT2D eigenvalue weighted by atomic mass is 10.0. The molecule has 0 aliphatic heterocycles. The van der Waals surface area contributed by atoms with Crippen LogP contribution in [0.4, 0.5) is 4.39 Å². The number of benzene rings is 2. The maximum absolute atomic E-state index is 14.1. The first-order chi connectivity index (χ1) is 12.5. The molecule has 0 heterocycles. The van der Waals surface area contributed by atoms with Crippen LogP contribution >= 0.6 is 15.9 Å². The van der Waals surface area contributed by atoms with Gasteiger partial charge in [-0.15, -0.1) is 0 Å². The summed E-state index contributed by atoms with van der Waals surface area (Å²) < 4.78 is 26.2. The van der Waals surface area contributed by atoms with Crippen LogP contribution in [0.2, 0.25) is 0 Å². The monoisotopic (exact) mass is 420 g/mol. The third-order valence-electron chi connectivity index (χ3n) is 4.55. The van der Waals surface area contributed by atoms with E-state index in [4.69, 9.17) is 9.47 Å². The maximum Gasteiger partial charge on any atom is 0.310 e. The van der Waals surface area contributed by atoms with Crippen LogP contribution in [0.15, 0.2) is 34.8 Å². The normalized spacial score (nSPS) is 13.5. The molecule has 0 N–H and O–H groups in total. The van der Waals surface area contributed by atoms with Crippen LogP contribution in [-0.4, -0.2) is 5.97 Å². The van der Waals surface area contributed by atoms with E-state index in [1.54, 1.807) is 19.1 Å². The van der Waals surface area contributed by atoms with Crippen molar-refractivity contribution in [1.82, 2.24) is 0 Å². The minimum absolute atomic E-state index is 0.225. The van der Waals surface area contributed by atoms with Gasteiger partial charge in [-0.3, -0.25) is 4.79 Å². The van der Waals surface area contributed by atoms with Crippen LogP contribution in [0.3, 0.4) is 0 Å². The van der Waals surface area contributed by atoms with Gasteiger partial charge in [0.2, 0.25) is 0 Å². The van der Waals surface area contributed by atoms with E-state index < -0.39 is 0 Å². The van der Waals surface area contributed by atoms with E-state index in [1.807, 2.05) is 13.0 Å². The molecular weight excluding hydrogens is 399 g/mol.